The summed E-state index contributed by atoms with van der Waals surface area (Å²) in [5.41, 5.74) is 6.83. The molecule has 2 atom stereocenters. The lowest BCUT2D eigenvalue weighted by Gasteiger charge is -2.35. The number of rotatable bonds is 9. The van der Waals surface area contributed by atoms with Crippen LogP contribution in [0.2, 0.25) is 0 Å². The Labute approximate surface area is 162 Å². The molecule has 7 nitrogen and oxygen atoms in total. The first-order valence-electron chi connectivity index (χ1n) is 9.86. The van der Waals surface area contributed by atoms with E-state index in [9.17, 15) is 0 Å². The molecule has 0 aromatic heterocycles. The van der Waals surface area contributed by atoms with Gasteiger partial charge in [-0.25, -0.2) is 0 Å². The number of hydrogen-bond donors (Lipinski definition) is 2. The van der Waals surface area contributed by atoms with E-state index in [0.29, 0.717) is 37.9 Å². The number of nitrogens with zero attached hydrogens (tertiary/aromatic N) is 2. The highest BCUT2D eigenvalue weighted by atomic mass is 16.5. The summed E-state index contributed by atoms with van der Waals surface area (Å²) in [6.07, 6.45) is 1.54. The molecule has 1 aliphatic rings. The predicted octanol–water partition coefficient (Wildman–Crippen LogP) is 2.71. The van der Waals surface area contributed by atoms with E-state index in [4.69, 9.17) is 19.9 Å². The lowest BCUT2D eigenvalue weighted by Crippen LogP contribution is -2.45. The molecule has 0 aliphatic carbocycles. The Morgan fingerprint density at radius 3 is 2.59 bits per heavy atom. The molecule has 0 saturated carbocycles. The minimum atomic E-state index is 0.290. The normalized spacial score (nSPS) is 21.1. The number of anilines is 1. The van der Waals surface area contributed by atoms with Gasteiger partial charge in [0.25, 0.3) is 0 Å². The summed E-state index contributed by atoms with van der Waals surface area (Å²) in [5, 5.41) is 3.14. The van der Waals surface area contributed by atoms with Crippen LogP contribution in [0, 0.1) is 0 Å². The molecule has 1 aromatic carbocycles. The first-order valence-corrected chi connectivity index (χ1v) is 9.86. The molecule has 0 spiro atoms. The summed E-state index contributed by atoms with van der Waals surface area (Å²) < 4.78 is 17.0. The van der Waals surface area contributed by atoms with Crippen molar-refractivity contribution in [3.05, 3.63) is 18.2 Å². The van der Waals surface area contributed by atoms with Gasteiger partial charge in [0.05, 0.1) is 31.1 Å². The summed E-state index contributed by atoms with van der Waals surface area (Å²) in [6.45, 7) is 13.0. The van der Waals surface area contributed by atoms with Gasteiger partial charge in [-0.05, 0) is 46.2 Å². The van der Waals surface area contributed by atoms with Crippen LogP contribution < -0.4 is 20.5 Å². The van der Waals surface area contributed by atoms with Crippen LogP contribution >= 0.6 is 0 Å². The number of hydrogen-bond acceptors (Lipinski definition) is 5. The fraction of sp³-hybridized carbons (Fsp3) is 0.650. The van der Waals surface area contributed by atoms with Crippen LogP contribution in [0.25, 0.3) is 0 Å². The van der Waals surface area contributed by atoms with Crippen molar-refractivity contribution in [3.8, 4) is 11.5 Å². The maximum absolute atomic E-state index is 6.07. The van der Waals surface area contributed by atoms with Crippen molar-refractivity contribution >= 4 is 11.6 Å². The summed E-state index contributed by atoms with van der Waals surface area (Å²) in [5.74, 6) is 1.88. The maximum atomic E-state index is 6.07. The highest BCUT2D eigenvalue weighted by Gasteiger charge is 2.21. The van der Waals surface area contributed by atoms with Gasteiger partial charge >= 0.3 is 0 Å². The van der Waals surface area contributed by atoms with Gasteiger partial charge < -0.3 is 25.3 Å². The first-order chi connectivity index (χ1) is 13.0. The van der Waals surface area contributed by atoms with Crippen molar-refractivity contribution in [2.24, 2.45) is 10.7 Å². The molecule has 1 aromatic rings. The number of morpholine rings is 1. The number of nitrogens with one attached hydrogen (secondary N) is 1. The lowest BCUT2D eigenvalue weighted by atomic mass is 10.2. The van der Waals surface area contributed by atoms with Crippen LogP contribution in [0.4, 0.5) is 5.69 Å². The molecule has 7 heteroatoms. The van der Waals surface area contributed by atoms with Crippen LogP contribution in [0.15, 0.2) is 23.2 Å². The molecular formula is C20H34N4O3. The molecule has 2 rings (SSSR count). The van der Waals surface area contributed by atoms with Crippen molar-refractivity contribution in [1.29, 1.82) is 0 Å². The van der Waals surface area contributed by atoms with Crippen LogP contribution in [0.3, 0.4) is 0 Å². The van der Waals surface area contributed by atoms with Gasteiger partial charge in [0, 0.05) is 32.2 Å². The van der Waals surface area contributed by atoms with E-state index in [1.165, 1.54) is 0 Å². The number of aliphatic imine (C=N–C) groups is 1. The Hall–Kier alpha value is -1.99. The Balaban J connectivity index is 1.86. The van der Waals surface area contributed by atoms with Gasteiger partial charge in [-0.15, -0.1) is 0 Å². The third-order valence-electron chi connectivity index (χ3n) is 4.23. The number of benzene rings is 1. The molecule has 3 N–H and O–H groups in total. The zero-order valence-electron chi connectivity index (χ0n) is 17.0. The minimum Gasteiger partial charge on any atom is -0.494 e. The van der Waals surface area contributed by atoms with Gasteiger partial charge in [0.2, 0.25) is 0 Å². The minimum absolute atomic E-state index is 0.290. The summed E-state index contributed by atoms with van der Waals surface area (Å²) in [7, 11) is 0. The topological polar surface area (TPSA) is 81.3 Å². The smallest absolute Gasteiger partial charge is 0.193 e. The van der Waals surface area contributed by atoms with Gasteiger partial charge in [-0.2, -0.15) is 0 Å². The van der Waals surface area contributed by atoms with E-state index >= 15 is 0 Å². The number of ether oxygens (including phenoxy) is 3. The van der Waals surface area contributed by atoms with Gasteiger partial charge in [0.15, 0.2) is 5.96 Å². The highest BCUT2D eigenvalue weighted by Crippen LogP contribution is 2.29. The van der Waals surface area contributed by atoms with Gasteiger partial charge in [0.1, 0.15) is 11.5 Å². The van der Waals surface area contributed by atoms with E-state index in [1.807, 2.05) is 32.0 Å². The van der Waals surface area contributed by atoms with E-state index in [0.717, 1.165) is 43.2 Å². The fourth-order valence-electron chi connectivity index (χ4n) is 3.28. The molecule has 0 radical (unpaired) electrons. The van der Waals surface area contributed by atoms with Crippen molar-refractivity contribution in [2.75, 3.05) is 44.7 Å². The highest BCUT2D eigenvalue weighted by molar-refractivity contribution is 5.94. The summed E-state index contributed by atoms with van der Waals surface area (Å²) >= 11 is 0. The van der Waals surface area contributed by atoms with Crippen LogP contribution in [-0.4, -0.2) is 62.5 Å². The Kier molecular flexibility index (Phi) is 8.67. The average molecular weight is 379 g/mol. The lowest BCUT2D eigenvalue weighted by molar-refractivity contribution is -0.0679. The molecule has 27 heavy (non-hydrogen) atoms. The molecule has 0 bridgehead atoms. The van der Waals surface area contributed by atoms with E-state index < -0.39 is 0 Å². The quantitative estimate of drug-likeness (QED) is 0.391. The van der Waals surface area contributed by atoms with Crippen molar-refractivity contribution in [2.45, 2.75) is 46.3 Å². The molecular weight excluding hydrogens is 344 g/mol. The van der Waals surface area contributed by atoms with Crippen LogP contribution in [0.1, 0.15) is 34.1 Å². The molecule has 1 fully saturated rings. The van der Waals surface area contributed by atoms with Crippen molar-refractivity contribution in [3.63, 3.8) is 0 Å². The third kappa shape index (κ3) is 7.27. The van der Waals surface area contributed by atoms with E-state index in [2.05, 4.69) is 29.1 Å². The fourth-order valence-corrected chi connectivity index (χ4v) is 3.28. The van der Waals surface area contributed by atoms with Gasteiger partial charge in [-0.3, -0.25) is 9.89 Å². The second kappa shape index (κ2) is 11.0. The Morgan fingerprint density at radius 1 is 1.22 bits per heavy atom. The summed E-state index contributed by atoms with van der Waals surface area (Å²) in [6, 6.07) is 5.65. The zero-order chi connectivity index (χ0) is 19.6. The molecule has 152 valence electrons. The molecule has 1 saturated heterocycles. The zero-order valence-corrected chi connectivity index (χ0v) is 17.0. The summed E-state index contributed by atoms with van der Waals surface area (Å²) in [4.78, 5) is 6.88. The van der Waals surface area contributed by atoms with Crippen molar-refractivity contribution in [1.82, 2.24) is 4.90 Å². The average Bonchev–Trinajstić information content (AvgIpc) is 2.60. The van der Waals surface area contributed by atoms with Crippen LogP contribution in [-0.2, 0) is 4.74 Å². The second-order valence-electron chi connectivity index (χ2n) is 6.79. The standard InChI is InChI=1S/C20H34N4O3/c1-5-25-17-8-9-19(26-6-2)18(12-17)23-20(21)22-10-7-11-24-13-15(3)27-16(4)14-24/h8-9,12,15-16H,5-7,10-11,13-14H2,1-4H3,(H3,21,22,23). The largest absolute Gasteiger partial charge is 0.494 e. The SMILES string of the molecule is CCOc1ccc(OCC)c(NC(N)=NCCCN2CC(C)OC(C)C2)c1. The first kappa shape index (κ1) is 21.3. The maximum Gasteiger partial charge on any atom is 0.193 e. The molecule has 0 amide bonds. The van der Waals surface area contributed by atoms with E-state index in [1.54, 1.807) is 0 Å². The van der Waals surface area contributed by atoms with E-state index in [-0.39, 0.29) is 0 Å². The number of nitrogens with two attached hydrogens (primary N) is 1. The molecule has 2 unspecified atom stereocenters. The molecule has 1 heterocycles. The monoisotopic (exact) mass is 378 g/mol. The second-order valence-corrected chi connectivity index (χ2v) is 6.79. The predicted molar refractivity (Wildman–Crippen MR) is 110 cm³/mol. The Morgan fingerprint density at radius 2 is 1.93 bits per heavy atom. The van der Waals surface area contributed by atoms with Gasteiger partial charge in [-0.1, -0.05) is 0 Å². The Bertz CT molecular complexity index is 599. The number of guanidine groups is 1. The van der Waals surface area contributed by atoms with Crippen LogP contribution in [0.5, 0.6) is 11.5 Å². The third-order valence-corrected chi connectivity index (χ3v) is 4.23. The molecule has 1 aliphatic heterocycles. The van der Waals surface area contributed by atoms with Crippen molar-refractivity contribution < 1.29 is 14.2 Å².